The van der Waals surface area contributed by atoms with Gasteiger partial charge < -0.3 is 21.6 Å². The zero-order valence-corrected chi connectivity index (χ0v) is 6.17. The first-order valence-electron chi connectivity index (χ1n) is 0.565. The second-order valence-electron chi connectivity index (χ2n) is 0.238. The molecule has 7 nitrogen and oxygen atoms in total. The number of nitrogens with zero attached hydrogens (tertiary/aromatic N) is 1. The fraction of sp³-hybridized carbons (Fsp3) is 0. The minimum absolute atomic E-state index is 0. The van der Waals surface area contributed by atoms with Gasteiger partial charge in [0.25, 0.3) is 5.09 Å². The van der Waals surface area contributed by atoms with Crippen LogP contribution in [0.25, 0.3) is 0 Å². The average molecular weight is 208 g/mol. The molecule has 0 fully saturated rings. The summed E-state index contributed by atoms with van der Waals surface area (Å²) >= 11 is 0. The molecule has 0 aliphatic rings. The van der Waals surface area contributed by atoms with Crippen molar-refractivity contribution >= 4 is 0 Å². The van der Waals surface area contributed by atoms with E-state index in [0.717, 1.165) is 0 Å². The van der Waals surface area contributed by atoms with Crippen LogP contribution in [0.2, 0.25) is 0 Å². The Balaban J connectivity index is -0.00000000750. The zero-order chi connectivity index (χ0) is 3.58. The van der Waals surface area contributed by atoms with E-state index in [1.807, 2.05) is 0 Å². The second kappa shape index (κ2) is 28.2. The van der Waals surface area contributed by atoms with Crippen molar-refractivity contribution in [2.45, 2.75) is 0 Å². The van der Waals surface area contributed by atoms with Gasteiger partial charge in [0.05, 0.1) is 0 Å². The molecule has 0 saturated carbocycles. The monoisotopic (exact) mass is 207 g/mol. The van der Waals surface area contributed by atoms with Crippen molar-refractivity contribution < 1.29 is 52.9 Å². The van der Waals surface area contributed by atoms with Gasteiger partial charge in [0.1, 0.15) is 0 Å². The van der Waals surface area contributed by atoms with E-state index in [4.69, 9.17) is 15.3 Å². The molecule has 0 atom stereocenters. The standard InChI is InChI=1S/HNO3.3H2O.Zr/c2-1(3)4;;;;/h(H,2,3,4);3*1H2;. The maximum absolute atomic E-state index is 8.36. The Morgan fingerprint density at radius 2 is 1.25 bits per heavy atom. The predicted octanol–water partition coefficient (Wildman–Crippen LogP) is -2.82. The molecule has 0 aromatic heterocycles. The molecule has 0 unspecified atom stereocenters. The third-order valence-electron chi connectivity index (χ3n) is 0. The summed E-state index contributed by atoms with van der Waals surface area (Å²) in [7, 11) is 0. The van der Waals surface area contributed by atoms with Gasteiger partial charge in [0.2, 0.25) is 0 Å². The molecule has 0 saturated heterocycles. The Morgan fingerprint density at radius 3 is 1.25 bits per heavy atom. The van der Waals surface area contributed by atoms with Crippen LogP contribution >= 0.6 is 0 Å². The van der Waals surface area contributed by atoms with Crippen molar-refractivity contribution in [3.8, 4) is 0 Å². The molecular formula is H7NO6Zr. The molecule has 8 heavy (non-hydrogen) atoms. The van der Waals surface area contributed by atoms with Crippen LogP contribution in [-0.4, -0.2) is 26.7 Å². The molecule has 0 radical (unpaired) electrons. The smallest absolute Gasteiger partial charge is 0.291 e. The molecule has 0 rings (SSSR count). The Bertz CT molecular complexity index is 31.5. The molecule has 0 amide bonds. The summed E-state index contributed by atoms with van der Waals surface area (Å²) in [4.78, 5) is 8.36. The van der Waals surface area contributed by atoms with E-state index in [1.165, 1.54) is 0 Å². The third-order valence-corrected chi connectivity index (χ3v) is 0. The van der Waals surface area contributed by atoms with Crippen LogP contribution in [0.5, 0.6) is 0 Å². The van der Waals surface area contributed by atoms with Crippen LogP contribution in [0.15, 0.2) is 0 Å². The molecule has 7 N–H and O–H groups in total. The van der Waals surface area contributed by atoms with Crippen molar-refractivity contribution in [2.24, 2.45) is 0 Å². The van der Waals surface area contributed by atoms with E-state index >= 15 is 0 Å². The molecule has 0 spiro atoms. The quantitative estimate of drug-likeness (QED) is 0.336. The summed E-state index contributed by atoms with van der Waals surface area (Å²) in [5.41, 5.74) is 0. The molecule has 0 heterocycles. The van der Waals surface area contributed by atoms with Crippen molar-refractivity contribution in [1.29, 1.82) is 0 Å². The van der Waals surface area contributed by atoms with E-state index in [9.17, 15) is 0 Å². The Hall–Kier alpha value is -0.0369. The van der Waals surface area contributed by atoms with Crippen molar-refractivity contribution in [3.63, 3.8) is 0 Å². The van der Waals surface area contributed by atoms with Gasteiger partial charge in [-0.15, -0.1) is 10.1 Å². The second-order valence-corrected chi connectivity index (χ2v) is 0.238. The maximum atomic E-state index is 8.36. The topological polar surface area (TPSA) is 158 Å². The Labute approximate surface area is 63.5 Å². The molecule has 0 aromatic rings. The van der Waals surface area contributed by atoms with Gasteiger partial charge in [0, 0.05) is 26.2 Å². The van der Waals surface area contributed by atoms with E-state index in [0.29, 0.717) is 0 Å². The molecule has 0 aliphatic heterocycles. The fourth-order valence-electron chi connectivity index (χ4n) is 0. The summed E-state index contributed by atoms with van der Waals surface area (Å²) in [6, 6.07) is 0. The van der Waals surface area contributed by atoms with Crippen LogP contribution in [-0.2, 0) is 26.2 Å². The van der Waals surface area contributed by atoms with E-state index in [-0.39, 0.29) is 42.6 Å². The van der Waals surface area contributed by atoms with Gasteiger partial charge in [-0.2, -0.15) is 0 Å². The first-order chi connectivity index (χ1) is 1.73. The summed E-state index contributed by atoms with van der Waals surface area (Å²) < 4.78 is 0. The molecule has 8 heteroatoms. The van der Waals surface area contributed by atoms with Crippen molar-refractivity contribution in [2.75, 3.05) is 0 Å². The normalized spacial score (nSPS) is 3.00. The summed E-state index contributed by atoms with van der Waals surface area (Å²) in [5.74, 6) is 0. The minimum atomic E-state index is -1.50. The molecule has 0 aliphatic carbocycles. The van der Waals surface area contributed by atoms with Crippen LogP contribution in [0.3, 0.4) is 0 Å². The molecule has 52 valence electrons. The maximum Gasteiger partial charge on any atom is 0.291 e. The van der Waals surface area contributed by atoms with Gasteiger partial charge in [-0.05, 0) is 0 Å². The number of rotatable bonds is 0. The summed E-state index contributed by atoms with van der Waals surface area (Å²) in [6.07, 6.45) is 0. The third kappa shape index (κ3) is 108000. The van der Waals surface area contributed by atoms with Gasteiger partial charge in [0.15, 0.2) is 0 Å². The van der Waals surface area contributed by atoms with Crippen LogP contribution in [0, 0.1) is 10.1 Å². The van der Waals surface area contributed by atoms with Gasteiger partial charge in [-0.1, -0.05) is 0 Å². The average Bonchev–Trinajstić information content (AvgIpc) is 0.811. The number of hydrogen-bond acceptors (Lipinski definition) is 2. The first kappa shape index (κ1) is 44.0. The minimum Gasteiger partial charge on any atom is -0.412 e. The summed E-state index contributed by atoms with van der Waals surface area (Å²) in [6.45, 7) is 0. The Morgan fingerprint density at radius 1 is 1.25 bits per heavy atom. The van der Waals surface area contributed by atoms with Crippen LogP contribution in [0.1, 0.15) is 0 Å². The molecule has 0 bridgehead atoms. The molecular weight excluding hydrogens is 201 g/mol. The summed E-state index contributed by atoms with van der Waals surface area (Å²) in [5, 5.41) is 13.6. The van der Waals surface area contributed by atoms with E-state index in [2.05, 4.69) is 0 Å². The zero-order valence-electron chi connectivity index (χ0n) is 3.71. The fourth-order valence-corrected chi connectivity index (χ4v) is 0. The van der Waals surface area contributed by atoms with Gasteiger partial charge >= 0.3 is 0 Å². The van der Waals surface area contributed by atoms with Crippen LogP contribution in [0.4, 0.5) is 0 Å². The van der Waals surface area contributed by atoms with Crippen molar-refractivity contribution in [1.82, 2.24) is 0 Å². The van der Waals surface area contributed by atoms with Gasteiger partial charge in [-0.25, -0.2) is 0 Å². The molecule has 0 aromatic carbocycles. The largest absolute Gasteiger partial charge is 0.412 e. The van der Waals surface area contributed by atoms with E-state index < -0.39 is 5.09 Å². The van der Waals surface area contributed by atoms with E-state index in [1.54, 1.807) is 0 Å². The number of hydrogen-bond donors (Lipinski definition) is 1. The van der Waals surface area contributed by atoms with Crippen LogP contribution < -0.4 is 0 Å². The first-order valence-corrected chi connectivity index (χ1v) is 0.565. The SMILES string of the molecule is O.O.O.O=[N+]([O-])O.[Zr]. The van der Waals surface area contributed by atoms with Crippen molar-refractivity contribution in [3.05, 3.63) is 10.1 Å². The predicted molar refractivity (Wildman–Crippen MR) is 19.6 cm³/mol. The van der Waals surface area contributed by atoms with Gasteiger partial charge in [-0.3, -0.25) is 0 Å². The Kier molecular flexibility index (Phi) is 155.